The number of nitrogens with zero attached hydrogens (tertiary/aromatic N) is 1. The molecule has 0 amide bonds. The predicted molar refractivity (Wildman–Crippen MR) is 280 cm³/mol. The van der Waals surface area contributed by atoms with E-state index in [1.165, 1.54) is 66.8 Å². The summed E-state index contributed by atoms with van der Waals surface area (Å²) in [4.78, 5) is 2.35. The van der Waals surface area contributed by atoms with Crippen molar-refractivity contribution < 1.29 is 5.11 Å². The highest BCUT2D eigenvalue weighted by atomic mass is 16.3. The Balaban J connectivity index is 0.957. The van der Waals surface area contributed by atoms with E-state index in [4.69, 9.17) is 0 Å². The number of fused-ring (bicyclic) bond motifs is 4. The van der Waals surface area contributed by atoms with Crippen molar-refractivity contribution in [1.82, 2.24) is 0 Å². The number of anilines is 3. The summed E-state index contributed by atoms with van der Waals surface area (Å²) in [6.45, 7) is 2.34. The Morgan fingerprint density at radius 1 is 0.493 bits per heavy atom. The Hall–Kier alpha value is -7.52. The minimum atomic E-state index is -0.627. The summed E-state index contributed by atoms with van der Waals surface area (Å²) in [5, 5.41) is 12.7. The summed E-state index contributed by atoms with van der Waals surface area (Å²) < 4.78 is 0. The highest BCUT2D eigenvalue weighted by Crippen LogP contribution is 2.63. The Morgan fingerprint density at radius 3 is 1.66 bits per heavy atom. The van der Waals surface area contributed by atoms with Gasteiger partial charge in [-0.15, -0.1) is 0 Å². The summed E-state index contributed by atoms with van der Waals surface area (Å²) in [5.41, 5.74) is 20.1. The van der Waals surface area contributed by atoms with Crippen LogP contribution in [0.1, 0.15) is 54.4 Å². The molecule has 0 heterocycles. The maximum absolute atomic E-state index is 12.7. The molecule has 2 heteroatoms. The second-order valence-corrected chi connectivity index (χ2v) is 18.7. The van der Waals surface area contributed by atoms with Crippen LogP contribution in [-0.4, -0.2) is 11.2 Å². The molecular formula is C65H53NO. The van der Waals surface area contributed by atoms with Gasteiger partial charge in [0.1, 0.15) is 0 Å². The average molecular weight is 864 g/mol. The smallest absolute Gasteiger partial charge is 0.0867 e. The molecule has 0 saturated heterocycles. The van der Waals surface area contributed by atoms with Crippen molar-refractivity contribution >= 4 is 23.1 Å². The minimum absolute atomic E-state index is 0.119. The molecule has 67 heavy (non-hydrogen) atoms. The van der Waals surface area contributed by atoms with Crippen LogP contribution in [0.15, 0.2) is 242 Å². The van der Waals surface area contributed by atoms with Crippen LogP contribution in [0.25, 0.3) is 50.6 Å². The molecule has 0 aromatic heterocycles. The largest absolute Gasteiger partial charge is 0.388 e. The summed E-state index contributed by atoms with van der Waals surface area (Å²) >= 11 is 0. The van der Waals surface area contributed by atoms with Crippen LogP contribution < -0.4 is 4.90 Å². The molecule has 0 radical (unpaired) electrons. The van der Waals surface area contributed by atoms with Crippen LogP contribution in [0.2, 0.25) is 0 Å². The molecule has 4 aliphatic carbocycles. The van der Waals surface area contributed by atoms with Crippen molar-refractivity contribution in [1.29, 1.82) is 0 Å². The van der Waals surface area contributed by atoms with E-state index in [-0.39, 0.29) is 17.8 Å². The molecule has 324 valence electrons. The molecule has 0 saturated carbocycles. The van der Waals surface area contributed by atoms with Crippen molar-refractivity contribution in [2.45, 2.75) is 43.6 Å². The maximum Gasteiger partial charge on any atom is 0.0867 e. The van der Waals surface area contributed by atoms with Crippen LogP contribution in [0, 0.1) is 11.8 Å². The Morgan fingerprint density at radius 2 is 1.01 bits per heavy atom. The van der Waals surface area contributed by atoms with E-state index >= 15 is 0 Å². The Bertz CT molecular complexity index is 3150. The predicted octanol–water partition coefficient (Wildman–Crippen LogP) is 16.5. The van der Waals surface area contributed by atoms with Gasteiger partial charge in [-0.25, -0.2) is 0 Å². The van der Waals surface area contributed by atoms with Crippen LogP contribution in [0.5, 0.6) is 0 Å². The lowest BCUT2D eigenvalue weighted by molar-refractivity contribution is 0.102. The summed E-state index contributed by atoms with van der Waals surface area (Å²) in [5.74, 6) is 0.232. The van der Waals surface area contributed by atoms with E-state index in [1.807, 2.05) is 0 Å². The fourth-order valence-corrected chi connectivity index (χ4v) is 12.2. The van der Waals surface area contributed by atoms with Crippen LogP contribution in [0.3, 0.4) is 0 Å². The molecule has 2 nitrogen and oxygen atoms in total. The van der Waals surface area contributed by atoms with Gasteiger partial charge in [0, 0.05) is 28.4 Å². The van der Waals surface area contributed by atoms with E-state index < -0.39 is 11.5 Å². The van der Waals surface area contributed by atoms with Gasteiger partial charge < -0.3 is 10.0 Å². The summed E-state index contributed by atoms with van der Waals surface area (Å²) in [6, 6.07) is 73.3. The first kappa shape index (κ1) is 40.9. The van der Waals surface area contributed by atoms with Crippen LogP contribution >= 0.6 is 0 Å². The molecule has 5 atom stereocenters. The van der Waals surface area contributed by atoms with Gasteiger partial charge in [0.25, 0.3) is 0 Å². The van der Waals surface area contributed by atoms with Gasteiger partial charge in [0.05, 0.1) is 6.10 Å². The first-order valence-electron chi connectivity index (χ1n) is 24.1. The second-order valence-electron chi connectivity index (χ2n) is 18.7. The first-order valence-corrected chi connectivity index (χ1v) is 24.1. The van der Waals surface area contributed by atoms with Crippen molar-refractivity contribution in [2.24, 2.45) is 11.8 Å². The molecule has 4 aliphatic rings. The topological polar surface area (TPSA) is 23.5 Å². The van der Waals surface area contributed by atoms with Gasteiger partial charge in [-0.05, 0) is 151 Å². The maximum atomic E-state index is 12.7. The van der Waals surface area contributed by atoms with E-state index in [0.29, 0.717) is 0 Å². The number of benzene rings is 8. The van der Waals surface area contributed by atoms with Gasteiger partial charge in [-0.3, -0.25) is 0 Å². The third-order valence-electron chi connectivity index (χ3n) is 15.3. The number of allylic oxidation sites excluding steroid dienone is 4. The van der Waals surface area contributed by atoms with E-state index in [9.17, 15) is 5.11 Å². The second kappa shape index (κ2) is 17.0. The molecular weight excluding hydrogens is 811 g/mol. The lowest BCUT2D eigenvalue weighted by atomic mass is 9.52. The zero-order chi connectivity index (χ0) is 44.9. The molecule has 0 bridgehead atoms. The molecule has 5 unspecified atom stereocenters. The van der Waals surface area contributed by atoms with Crippen molar-refractivity contribution in [3.05, 3.63) is 264 Å². The highest BCUT2D eigenvalue weighted by molar-refractivity contribution is 5.87. The van der Waals surface area contributed by atoms with Crippen molar-refractivity contribution in [3.8, 4) is 44.5 Å². The summed E-state index contributed by atoms with van der Waals surface area (Å²) in [7, 11) is 0. The molecule has 0 fully saturated rings. The zero-order valence-electron chi connectivity index (χ0n) is 37.8. The molecule has 0 aliphatic heterocycles. The molecule has 1 N–H and O–H groups in total. The molecule has 8 aromatic rings. The lowest BCUT2D eigenvalue weighted by Crippen LogP contribution is -2.49. The van der Waals surface area contributed by atoms with Crippen LogP contribution in [-0.2, 0) is 5.41 Å². The van der Waals surface area contributed by atoms with Crippen LogP contribution in [0.4, 0.5) is 17.1 Å². The quantitative estimate of drug-likeness (QED) is 0.156. The number of aliphatic hydroxyl groups excluding tert-OH is 1. The highest BCUT2D eigenvalue weighted by Gasteiger charge is 2.57. The summed E-state index contributed by atoms with van der Waals surface area (Å²) in [6.07, 6.45) is 16.4. The van der Waals surface area contributed by atoms with Gasteiger partial charge in [-0.2, -0.15) is 0 Å². The Labute approximate surface area is 395 Å². The number of hydrogen-bond donors (Lipinski definition) is 1. The number of rotatable bonds is 9. The van der Waals surface area contributed by atoms with Crippen molar-refractivity contribution in [2.75, 3.05) is 4.90 Å². The molecule has 0 spiro atoms. The third kappa shape index (κ3) is 6.90. The van der Waals surface area contributed by atoms with E-state index in [0.717, 1.165) is 47.5 Å². The van der Waals surface area contributed by atoms with E-state index in [2.05, 4.69) is 248 Å². The lowest BCUT2D eigenvalue weighted by Gasteiger charge is -2.50. The Kier molecular flexibility index (Phi) is 10.4. The standard InChI is InChI=1S/C65H53NO/c1-2-55-56-21-11-9-19-49(56)31-40-61(55)65(63-42-32-50-20-10-12-22-57(50)64(63)67)60-24-14-13-23-58(60)59-43-51(33-41-62(59)65)48-29-38-54(39-30-48)66(52-34-25-46(26-35-52)44-15-5-3-6-16-44)53-36-27-47(28-37-53)45-17-7-4-8-18-45/h3-9,11-19,21-43,55,61,63-64,67H,2,10,20H2,1H3. The number of hydrogen-bond acceptors (Lipinski definition) is 2. The van der Waals surface area contributed by atoms with Gasteiger partial charge in [-0.1, -0.05) is 201 Å². The fraction of sp³-hybridized carbons (Fsp3) is 0.138. The molecule has 8 aromatic carbocycles. The van der Waals surface area contributed by atoms with Gasteiger partial charge >= 0.3 is 0 Å². The average Bonchev–Trinajstić information content (AvgIpc) is 3.69. The SMILES string of the molecule is CCC1c2ccccc2C=CC1C1(C2C=CC3=C(C=CCC3)C2O)c2ccccc2-c2cc(-c3ccc(N(c4ccc(-c5ccccc5)cc4)c4ccc(-c5ccccc5)cc4)cc3)ccc21. The zero-order valence-corrected chi connectivity index (χ0v) is 37.8. The third-order valence-corrected chi connectivity index (χ3v) is 15.3. The minimum Gasteiger partial charge on any atom is -0.388 e. The first-order chi connectivity index (χ1) is 33.1. The normalized spacial score (nSPS) is 21.0. The fourth-order valence-electron chi connectivity index (χ4n) is 12.2. The monoisotopic (exact) mass is 863 g/mol. The van der Waals surface area contributed by atoms with Gasteiger partial charge in [0.2, 0.25) is 0 Å². The van der Waals surface area contributed by atoms with Crippen molar-refractivity contribution in [3.63, 3.8) is 0 Å². The molecule has 12 rings (SSSR count). The van der Waals surface area contributed by atoms with Gasteiger partial charge in [0.15, 0.2) is 0 Å². The number of aliphatic hydroxyl groups is 1. The van der Waals surface area contributed by atoms with E-state index in [1.54, 1.807) is 0 Å².